The summed E-state index contributed by atoms with van der Waals surface area (Å²) in [4.78, 5) is 2.24. The van der Waals surface area contributed by atoms with Crippen molar-refractivity contribution in [2.24, 2.45) is 0 Å². The molecule has 2 aliphatic rings. The molecular weight excluding hydrogens is 458 g/mol. The number of hydrogen-bond acceptors (Lipinski definition) is 6. The predicted molar refractivity (Wildman–Crippen MR) is 114 cm³/mol. The normalized spacial score (nSPS) is 20.0. The van der Waals surface area contributed by atoms with Gasteiger partial charge in [-0.15, -0.1) is 0 Å². The molecular formula is C21H24BrNO5S. The van der Waals surface area contributed by atoms with Crippen LogP contribution in [0.3, 0.4) is 0 Å². The molecule has 0 aromatic heterocycles. The number of benzene rings is 2. The van der Waals surface area contributed by atoms with Crippen LogP contribution in [0.25, 0.3) is 0 Å². The van der Waals surface area contributed by atoms with Gasteiger partial charge in [-0.2, -0.15) is 0 Å². The highest BCUT2D eigenvalue weighted by atomic mass is 79.9. The van der Waals surface area contributed by atoms with E-state index in [0.29, 0.717) is 32.7 Å². The van der Waals surface area contributed by atoms with E-state index in [9.17, 15) is 8.42 Å². The molecule has 0 bridgehead atoms. The molecule has 29 heavy (non-hydrogen) atoms. The van der Waals surface area contributed by atoms with Crippen LogP contribution in [0.5, 0.6) is 17.2 Å². The fourth-order valence-electron chi connectivity index (χ4n) is 3.79. The van der Waals surface area contributed by atoms with Crippen molar-refractivity contribution in [1.29, 1.82) is 0 Å². The van der Waals surface area contributed by atoms with Gasteiger partial charge in [0.15, 0.2) is 21.3 Å². The molecule has 0 radical (unpaired) electrons. The standard InChI is InChI=1S/C21H24BrNO5S/c1-26-18-4-2-15(3-5-18)12-23(17-6-9-29(24,25)14-17)13-16-10-20-21(11-19(16)22)28-8-7-27-20/h2-5,10-11,17H,6-9,12-14H2,1H3/t17-/m0/s1. The van der Waals surface area contributed by atoms with Gasteiger partial charge in [0.25, 0.3) is 0 Å². The second-order valence-corrected chi connectivity index (χ2v) is 10.5. The lowest BCUT2D eigenvalue weighted by Crippen LogP contribution is -2.35. The molecule has 0 aliphatic carbocycles. The van der Waals surface area contributed by atoms with Gasteiger partial charge in [0, 0.05) is 23.6 Å². The summed E-state index contributed by atoms with van der Waals surface area (Å²) in [7, 11) is -1.34. The number of ether oxygens (including phenoxy) is 3. The Bertz CT molecular complexity index is 977. The predicted octanol–water partition coefficient (Wildman–Crippen LogP) is 3.42. The number of halogens is 1. The van der Waals surface area contributed by atoms with E-state index in [4.69, 9.17) is 14.2 Å². The Hall–Kier alpha value is -1.77. The van der Waals surface area contributed by atoms with E-state index in [1.54, 1.807) is 7.11 Å². The van der Waals surface area contributed by atoms with Gasteiger partial charge in [0.1, 0.15) is 19.0 Å². The van der Waals surface area contributed by atoms with E-state index in [2.05, 4.69) is 20.8 Å². The smallest absolute Gasteiger partial charge is 0.162 e. The van der Waals surface area contributed by atoms with Crippen molar-refractivity contribution < 1.29 is 22.6 Å². The number of rotatable bonds is 6. The van der Waals surface area contributed by atoms with Crippen LogP contribution < -0.4 is 14.2 Å². The summed E-state index contributed by atoms with van der Waals surface area (Å²) in [6.45, 7) is 2.35. The van der Waals surface area contributed by atoms with Gasteiger partial charge >= 0.3 is 0 Å². The minimum Gasteiger partial charge on any atom is -0.497 e. The van der Waals surface area contributed by atoms with Crippen molar-refractivity contribution in [2.45, 2.75) is 25.6 Å². The molecule has 0 saturated carbocycles. The maximum absolute atomic E-state index is 12.1. The SMILES string of the molecule is COc1ccc(CN(Cc2cc3c(cc2Br)OCCO3)[C@H]2CCS(=O)(=O)C2)cc1. The summed E-state index contributed by atoms with van der Waals surface area (Å²) < 4.78 is 41.8. The van der Waals surface area contributed by atoms with Crippen LogP contribution >= 0.6 is 15.9 Å². The van der Waals surface area contributed by atoms with E-state index in [1.165, 1.54) is 0 Å². The molecule has 2 aromatic rings. The van der Waals surface area contributed by atoms with Crippen LogP contribution in [-0.2, 0) is 22.9 Å². The first-order valence-corrected chi connectivity index (χ1v) is 12.2. The lowest BCUT2D eigenvalue weighted by atomic mass is 10.1. The Balaban J connectivity index is 1.59. The van der Waals surface area contributed by atoms with Crippen LogP contribution in [0, 0.1) is 0 Å². The van der Waals surface area contributed by atoms with Gasteiger partial charge in [0.2, 0.25) is 0 Å². The minimum atomic E-state index is -2.98. The molecule has 4 rings (SSSR count). The number of sulfone groups is 1. The van der Waals surface area contributed by atoms with Crippen LogP contribution in [0.1, 0.15) is 17.5 Å². The maximum Gasteiger partial charge on any atom is 0.162 e. The number of hydrogen-bond donors (Lipinski definition) is 0. The molecule has 1 atom stereocenters. The summed E-state index contributed by atoms with van der Waals surface area (Å²) in [5.74, 6) is 2.72. The van der Waals surface area contributed by atoms with Crippen LogP contribution in [0.4, 0.5) is 0 Å². The molecule has 156 valence electrons. The Morgan fingerprint density at radius 2 is 1.79 bits per heavy atom. The minimum absolute atomic E-state index is 0.0118. The monoisotopic (exact) mass is 481 g/mol. The third kappa shape index (κ3) is 4.87. The van der Waals surface area contributed by atoms with E-state index >= 15 is 0 Å². The van der Waals surface area contributed by atoms with Crippen molar-refractivity contribution in [1.82, 2.24) is 4.90 Å². The molecule has 0 amide bonds. The van der Waals surface area contributed by atoms with E-state index in [0.717, 1.165) is 32.8 Å². The lowest BCUT2D eigenvalue weighted by Gasteiger charge is -2.29. The number of methoxy groups -OCH3 is 1. The second kappa shape index (κ2) is 8.53. The fraction of sp³-hybridized carbons (Fsp3) is 0.429. The summed E-state index contributed by atoms with van der Waals surface area (Å²) in [6, 6.07) is 11.8. The molecule has 8 heteroatoms. The lowest BCUT2D eigenvalue weighted by molar-refractivity contribution is 0.169. The molecule has 0 spiro atoms. The molecule has 0 N–H and O–H groups in total. The Morgan fingerprint density at radius 1 is 1.10 bits per heavy atom. The zero-order chi connectivity index (χ0) is 20.4. The number of nitrogens with zero attached hydrogens (tertiary/aromatic N) is 1. The van der Waals surface area contributed by atoms with E-state index in [1.807, 2.05) is 36.4 Å². The Morgan fingerprint density at radius 3 is 2.41 bits per heavy atom. The topological polar surface area (TPSA) is 65.1 Å². The van der Waals surface area contributed by atoms with Crippen LogP contribution in [-0.4, -0.2) is 51.2 Å². The van der Waals surface area contributed by atoms with Crippen molar-refractivity contribution >= 4 is 25.8 Å². The molecule has 1 saturated heterocycles. The second-order valence-electron chi connectivity index (χ2n) is 7.40. The maximum atomic E-state index is 12.1. The number of fused-ring (bicyclic) bond motifs is 1. The highest BCUT2D eigenvalue weighted by Gasteiger charge is 2.32. The molecule has 6 nitrogen and oxygen atoms in total. The summed E-state index contributed by atoms with van der Waals surface area (Å²) in [5.41, 5.74) is 2.16. The highest BCUT2D eigenvalue weighted by molar-refractivity contribution is 9.10. The zero-order valence-electron chi connectivity index (χ0n) is 16.3. The first-order valence-electron chi connectivity index (χ1n) is 9.59. The Labute approximate surface area is 179 Å². The molecule has 2 heterocycles. The third-order valence-electron chi connectivity index (χ3n) is 5.35. The molecule has 2 aliphatic heterocycles. The van der Waals surface area contributed by atoms with Crippen LogP contribution in [0.2, 0.25) is 0 Å². The van der Waals surface area contributed by atoms with Gasteiger partial charge in [0.05, 0.1) is 18.6 Å². The summed E-state index contributed by atoms with van der Waals surface area (Å²) in [5, 5.41) is 0. The van der Waals surface area contributed by atoms with Gasteiger partial charge < -0.3 is 14.2 Å². The van der Waals surface area contributed by atoms with Crippen molar-refractivity contribution in [2.75, 3.05) is 31.8 Å². The van der Waals surface area contributed by atoms with Gasteiger partial charge in [-0.25, -0.2) is 8.42 Å². The van der Waals surface area contributed by atoms with E-state index < -0.39 is 9.84 Å². The molecule has 1 fully saturated rings. The average Bonchev–Trinajstić information content (AvgIpc) is 3.08. The zero-order valence-corrected chi connectivity index (χ0v) is 18.7. The largest absolute Gasteiger partial charge is 0.497 e. The summed E-state index contributed by atoms with van der Waals surface area (Å²) >= 11 is 3.64. The van der Waals surface area contributed by atoms with Gasteiger partial charge in [-0.3, -0.25) is 4.90 Å². The highest BCUT2D eigenvalue weighted by Crippen LogP contribution is 2.36. The van der Waals surface area contributed by atoms with Crippen molar-refractivity contribution in [3.05, 3.63) is 52.0 Å². The van der Waals surface area contributed by atoms with Gasteiger partial charge in [-0.1, -0.05) is 28.1 Å². The summed E-state index contributed by atoms with van der Waals surface area (Å²) in [6.07, 6.45) is 0.653. The molecule has 0 unspecified atom stereocenters. The van der Waals surface area contributed by atoms with Crippen molar-refractivity contribution in [3.8, 4) is 17.2 Å². The van der Waals surface area contributed by atoms with Crippen LogP contribution in [0.15, 0.2) is 40.9 Å². The quantitative estimate of drug-likeness (QED) is 0.629. The first kappa shape index (κ1) is 20.5. The third-order valence-corrected chi connectivity index (χ3v) is 7.84. The Kier molecular flexibility index (Phi) is 6.03. The fourth-order valence-corrected chi connectivity index (χ4v) is 6.00. The average molecular weight is 482 g/mol. The van der Waals surface area contributed by atoms with E-state index in [-0.39, 0.29) is 17.5 Å². The van der Waals surface area contributed by atoms with Gasteiger partial charge in [-0.05, 0) is 41.8 Å². The van der Waals surface area contributed by atoms with Crippen molar-refractivity contribution in [3.63, 3.8) is 0 Å². The molecule has 2 aromatic carbocycles. The first-order chi connectivity index (χ1) is 13.9.